The highest BCUT2D eigenvalue weighted by Gasteiger charge is 2.38. The minimum Gasteiger partial charge on any atom is -0.314 e. The molecule has 0 bridgehead atoms. The van der Waals surface area contributed by atoms with Crippen molar-refractivity contribution in [2.24, 2.45) is 11.3 Å². The van der Waals surface area contributed by atoms with E-state index >= 15 is 0 Å². The summed E-state index contributed by atoms with van der Waals surface area (Å²) in [6, 6.07) is 1.35. The van der Waals surface area contributed by atoms with Crippen LogP contribution in [0.2, 0.25) is 0 Å². The molecule has 0 radical (unpaired) electrons. The highest BCUT2D eigenvalue weighted by atomic mass is 15.2. The van der Waals surface area contributed by atoms with Crippen molar-refractivity contribution in [1.82, 2.24) is 15.1 Å². The van der Waals surface area contributed by atoms with Crippen molar-refractivity contribution in [2.75, 3.05) is 40.3 Å². The van der Waals surface area contributed by atoms with E-state index in [1.54, 1.807) is 0 Å². The molecule has 1 aliphatic carbocycles. The molecule has 2 unspecified atom stereocenters. The van der Waals surface area contributed by atoms with Crippen molar-refractivity contribution in [3.8, 4) is 0 Å². The van der Waals surface area contributed by atoms with Gasteiger partial charge in [-0.15, -0.1) is 0 Å². The van der Waals surface area contributed by atoms with Gasteiger partial charge in [0.1, 0.15) is 0 Å². The Morgan fingerprint density at radius 3 is 2.33 bits per heavy atom. The lowest BCUT2D eigenvalue weighted by molar-refractivity contribution is 0.109. The molecule has 1 saturated carbocycles. The van der Waals surface area contributed by atoms with Gasteiger partial charge in [-0.25, -0.2) is 0 Å². The van der Waals surface area contributed by atoms with Gasteiger partial charge < -0.3 is 15.1 Å². The molecule has 0 aromatic carbocycles. The van der Waals surface area contributed by atoms with E-state index in [1.165, 1.54) is 58.3 Å². The van der Waals surface area contributed by atoms with Crippen LogP contribution >= 0.6 is 0 Å². The van der Waals surface area contributed by atoms with E-state index < -0.39 is 0 Å². The summed E-state index contributed by atoms with van der Waals surface area (Å²) in [4.78, 5) is 5.17. The fourth-order valence-corrected chi connectivity index (χ4v) is 4.44. The summed E-state index contributed by atoms with van der Waals surface area (Å²) in [5, 5.41) is 3.74. The first kappa shape index (κ1) is 17.2. The minimum absolute atomic E-state index is 0.531. The predicted octanol–water partition coefficient (Wildman–Crippen LogP) is 2.82. The SMILES string of the molecule is CC(C)NCC1(CN2CC(C)C(N(C)C)C2)CCCCC1. The second-order valence-electron chi connectivity index (χ2n) is 8.30. The Labute approximate surface area is 132 Å². The van der Waals surface area contributed by atoms with Gasteiger partial charge in [-0.3, -0.25) is 0 Å². The lowest BCUT2D eigenvalue weighted by Gasteiger charge is -2.41. The van der Waals surface area contributed by atoms with Gasteiger partial charge in [0, 0.05) is 38.3 Å². The van der Waals surface area contributed by atoms with Crippen molar-refractivity contribution in [1.29, 1.82) is 0 Å². The fraction of sp³-hybridized carbons (Fsp3) is 1.00. The van der Waals surface area contributed by atoms with Crippen LogP contribution in [0.3, 0.4) is 0 Å². The number of nitrogens with zero attached hydrogens (tertiary/aromatic N) is 2. The smallest absolute Gasteiger partial charge is 0.0254 e. The molecule has 1 aliphatic heterocycles. The number of hydrogen-bond acceptors (Lipinski definition) is 3. The van der Waals surface area contributed by atoms with Crippen molar-refractivity contribution in [3.05, 3.63) is 0 Å². The van der Waals surface area contributed by atoms with E-state index in [4.69, 9.17) is 0 Å². The normalized spacial score (nSPS) is 30.4. The number of likely N-dealkylation sites (tertiary alicyclic amines) is 1. The van der Waals surface area contributed by atoms with Gasteiger partial charge in [0.2, 0.25) is 0 Å². The number of rotatable bonds is 6. The second-order valence-corrected chi connectivity index (χ2v) is 8.30. The molecule has 124 valence electrons. The second kappa shape index (κ2) is 7.43. The van der Waals surface area contributed by atoms with Gasteiger partial charge in [-0.05, 0) is 38.3 Å². The lowest BCUT2D eigenvalue weighted by Crippen LogP contribution is -2.46. The molecule has 2 atom stereocenters. The van der Waals surface area contributed by atoms with Crippen LogP contribution in [0, 0.1) is 11.3 Å². The Hall–Kier alpha value is -0.120. The van der Waals surface area contributed by atoms with Gasteiger partial charge in [0.25, 0.3) is 0 Å². The average Bonchev–Trinajstić information content (AvgIpc) is 2.78. The Balaban J connectivity index is 1.95. The van der Waals surface area contributed by atoms with Crippen molar-refractivity contribution >= 4 is 0 Å². The van der Waals surface area contributed by atoms with Crippen molar-refractivity contribution in [3.63, 3.8) is 0 Å². The van der Waals surface area contributed by atoms with Gasteiger partial charge >= 0.3 is 0 Å². The Morgan fingerprint density at radius 2 is 1.81 bits per heavy atom. The van der Waals surface area contributed by atoms with Crippen LogP contribution in [0.25, 0.3) is 0 Å². The van der Waals surface area contributed by atoms with Crippen LogP contribution in [0.15, 0.2) is 0 Å². The van der Waals surface area contributed by atoms with E-state index in [0.29, 0.717) is 11.5 Å². The van der Waals surface area contributed by atoms with E-state index in [0.717, 1.165) is 12.0 Å². The molecule has 2 rings (SSSR count). The molecule has 3 heteroatoms. The van der Waals surface area contributed by atoms with Crippen LogP contribution in [0.1, 0.15) is 52.9 Å². The first-order valence-electron chi connectivity index (χ1n) is 9.04. The zero-order valence-electron chi connectivity index (χ0n) is 15.0. The first-order chi connectivity index (χ1) is 9.92. The minimum atomic E-state index is 0.531. The molecule has 0 spiro atoms. The quantitative estimate of drug-likeness (QED) is 0.813. The third kappa shape index (κ3) is 4.67. The van der Waals surface area contributed by atoms with Crippen molar-refractivity contribution < 1.29 is 0 Å². The zero-order valence-corrected chi connectivity index (χ0v) is 15.0. The molecule has 2 fully saturated rings. The average molecular weight is 296 g/mol. The molecule has 2 aliphatic rings. The van der Waals surface area contributed by atoms with E-state index in [9.17, 15) is 0 Å². The Bertz CT molecular complexity index is 308. The molecule has 0 amide bonds. The molecular weight excluding hydrogens is 258 g/mol. The molecule has 0 aromatic heterocycles. The van der Waals surface area contributed by atoms with E-state index in [1.807, 2.05) is 0 Å². The van der Waals surface area contributed by atoms with Crippen LogP contribution in [0.4, 0.5) is 0 Å². The van der Waals surface area contributed by atoms with Crippen LogP contribution in [0.5, 0.6) is 0 Å². The maximum Gasteiger partial charge on any atom is 0.0254 e. The summed E-state index contributed by atoms with van der Waals surface area (Å²) in [7, 11) is 4.47. The highest BCUT2D eigenvalue weighted by Crippen LogP contribution is 2.38. The molecule has 1 N–H and O–H groups in total. The van der Waals surface area contributed by atoms with E-state index in [-0.39, 0.29) is 0 Å². The van der Waals surface area contributed by atoms with Gasteiger partial charge in [0.15, 0.2) is 0 Å². The molecular formula is C18H37N3. The standard InChI is InChI=1S/C18H37N3/c1-15(2)19-13-18(9-7-6-8-10-18)14-21-11-16(3)17(12-21)20(4)5/h15-17,19H,6-14H2,1-5H3. The van der Waals surface area contributed by atoms with Crippen LogP contribution in [-0.4, -0.2) is 62.2 Å². The third-order valence-corrected chi connectivity index (χ3v) is 5.67. The Morgan fingerprint density at radius 1 is 1.14 bits per heavy atom. The molecule has 21 heavy (non-hydrogen) atoms. The summed E-state index contributed by atoms with van der Waals surface area (Å²) in [6.45, 7) is 12.0. The Kier molecular flexibility index (Phi) is 6.10. The van der Waals surface area contributed by atoms with Crippen LogP contribution < -0.4 is 5.32 Å². The molecule has 0 aromatic rings. The monoisotopic (exact) mass is 295 g/mol. The summed E-state index contributed by atoms with van der Waals surface area (Å²) in [6.07, 6.45) is 7.15. The number of hydrogen-bond donors (Lipinski definition) is 1. The number of likely N-dealkylation sites (N-methyl/N-ethyl adjacent to an activating group) is 1. The molecule has 1 saturated heterocycles. The summed E-state index contributed by atoms with van der Waals surface area (Å²) < 4.78 is 0. The summed E-state index contributed by atoms with van der Waals surface area (Å²) >= 11 is 0. The third-order valence-electron chi connectivity index (χ3n) is 5.67. The molecule has 1 heterocycles. The summed E-state index contributed by atoms with van der Waals surface area (Å²) in [5.41, 5.74) is 0.531. The summed E-state index contributed by atoms with van der Waals surface area (Å²) in [5.74, 6) is 0.804. The largest absolute Gasteiger partial charge is 0.314 e. The van der Waals surface area contributed by atoms with Gasteiger partial charge in [-0.2, -0.15) is 0 Å². The fourth-order valence-electron chi connectivity index (χ4n) is 4.44. The maximum absolute atomic E-state index is 3.74. The predicted molar refractivity (Wildman–Crippen MR) is 91.7 cm³/mol. The molecule has 3 nitrogen and oxygen atoms in total. The van der Waals surface area contributed by atoms with Crippen LogP contribution in [-0.2, 0) is 0 Å². The maximum atomic E-state index is 3.74. The lowest BCUT2D eigenvalue weighted by atomic mass is 9.73. The first-order valence-corrected chi connectivity index (χ1v) is 9.04. The number of nitrogens with one attached hydrogen (secondary N) is 1. The topological polar surface area (TPSA) is 18.5 Å². The zero-order chi connectivity index (χ0) is 15.5. The van der Waals surface area contributed by atoms with Crippen molar-refractivity contribution in [2.45, 2.75) is 65.0 Å². The highest BCUT2D eigenvalue weighted by molar-refractivity contribution is 4.93. The van der Waals surface area contributed by atoms with Gasteiger partial charge in [-0.1, -0.05) is 40.0 Å². The van der Waals surface area contributed by atoms with Gasteiger partial charge in [0.05, 0.1) is 0 Å². The van der Waals surface area contributed by atoms with E-state index in [2.05, 4.69) is 50.0 Å².